The summed E-state index contributed by atoms with van der Waals surface area (Å²) in [7, 11) is -2.16. The quantitative estimate of drug-likeness (QED) is 0.467. The Kier molecular flexibility index (Phi) is 6.61. The number of hydrogen-bond acceptors (Lipinski definition) is 7. The fourth-order valence-corrected chi connectivity index (χ4v) is 4.89. The number of halogens is 1. The molecule has 1 aromatic heterocycles. The van der Waals surface area contributed by atoms with Crippen molar-refractivity contribution in [3.8, 4) is 11.3 Å². The van der Waals surface area contributed by atoms with Crippen LogP contribution in [0, 0.1) is 0 Å². The number of fused-ring (bicyclic) bond motifs is 3. The molecular formula is C22H22ClN5O4S. The minimum Gasteiger partial charge on any atom is -0.383 e. The highest BCUT2D eigenvalue weighted by Crippen LogP contribution is 2.34. The van der Waals surface area contributed by atoms with Gasteiger partial charge in [-0.2, -0.15) is 0 Å². The van der Waals surface area contributed by atoms with Gasteiger partial charge in [-0.15, -0.1) is 0 Å². The van der Waals surface area contributed by atoms with Crippen LogP contribution in [0.5, 0.6) is 0 Å². The SMILES string of the molecule is COCC(C)NS(=O)(=O)c1ccc(Nc2ncc3c(n2)-c2ccc(Cl)cc2NC(=O)C3)cc1. The lowest BCUT2D eigenvalue weighted by Gasteiger charge is -2.14. The van der Waals surface area contributed by atoms with Crippen molar-refractivity contribution in [2.75, 3.05) is 24.4 Å². The second kappa shape index (κ2) is 9.44. The molecule has 2 heterocycles. The Balaban J connectivity index is 1.58. The molecule has 1 aliphatic heterocycles. The predicted octanol–water partition coefficient (Wildman–Crippen LogP) is 3.35. The van der Waals surface area contributed by atoms with Gasteiger partial charge >= 0.3 is 0 Å². The number of ether oxygens (including phenoxy) is 1. The number of rotatable bonds is 7. The van der Waals surface area contributed by atoms with Crippen LogP contribution in [0.15, 0.2) is 53.6 Å². The summed E-state index contributed by atoms with van der Waals surface area (Å²) >= 11 is 6.08. The first kappa shape index (κ1) is 23.1. The average molecular weight is 488 g/mol. The molecule has 0 radical (unpaired) electrons. The third kappa shape index (κ3) is 5.31. The molecule has 0 fully saturated rings. The van der Waals surface area contributed by atoms with Crippen molar-refractivity contribution in [1.29, 1.82) is 0 Å². The van der Waals surface area contributed by atoms with E-state index in [-0.39, 0.29) is 29.9 Å². The van der Waals surface area contributed by atoms with Crippen LogP contribution in [0.4, 0.5) is 17.3 Å². The summed E-state index contributed by atoms with van der Waals surface area (Å²) in [5.41, 5.74) is 3.24. The van der Waals surface area contributed by atoms with Gasteiger partial charge in [0.25, 0.3) is 0 Å². The molecule has 3 N–H and O–H groups in total. The van der Waals surface area contributed by atoms with Crippen molar-refractivity contribution in [2.24, 2.45) is 0 Å². The Morgan fingerprint density at radius 2 is 1.97 bits per heavy atom. The van der Waals surface area contributed by atoms with E-state index in [4.69, 9.17) is 16.3 Å². The van der Waals surface area contributed by atoms with Crippen molar-refractivity contribution >= 4 is 44.9 Å². The maximum atomic E-state index is 12.5. The van der Waals surface area contributed by atoms with Crippen molar-refractivity contribution < 1.29 is 17.9 Å². The summed E-state index contributed by atoms with van der Waals surface area (Å²) in [6.45, 7) is 1.99. The number of sulfonamides is 1. The Hall–Kier alpha value is -3.05. The number of aromatic nitrogens is 2. The average Bonchev–Trinajstić information content (AvgIpc) is 2.88. The zero-order valence-electron chi connectivity index (χ0n) is 17.9. The van der Waals surface area contributed by atoms with Crippen LogP contribution in [0.1, 0.15) is 12.5 Å². The van der Waals surface area contributed by atoms with E-state index in [1.807, 2.05) is 0 Å². The molecule has 0 saturated heterocycles. The van der Waals surface area contributed by atoms with Gasteiger partial charge in [-0.3, -0.25) is 4.79 Å². The van der Waals surface area contributed by atoms with Gasteiger partial charge in [0.15, 0.2) is 0 Å². The van der Waals surface area contributed by atoms with E-state index < -0.39 is 10.0 Å². The fraction of sp³-hybridized carbons (Fsp3) is 0.227. The first-order valence-electron chi connectivity index (χ1n) is 10.1. The number of anilines is 3. The summed E-state index contributed by atoms with van der Waals surface area (Å²) in [6, 6.07) is 11.1. The molecule has 172 valence electrons. The first-order chi connectivity index (χ1) is 15.7. The van der Waals surface area contributed by atoms with Crippen LogP contribution in [0.25, 0.3) is 11.3 Å². The van der Waals surface area contributed by atoms with E-state index in [1.165, 1.54) is 19.2 Å². The van der Waals surface area contributed by atoms with E-state index >= 15 is 0 Å². The molecule has 1 amide bonds. The molecular weight excluding hydrogens is 466 g/mol. The van der Waals surface area contributed by atoms with Gasteiger partial charge in [-0.05, 0) is 49.4 Å². The van der Waals surface area contributed by atoms with Crippen LogP contribution < -0.4 is 15.4 Å². The normalized spacial score (nSPS) is 14.0. The van der Waals surface area contributed by atoms with Gasteiger partial charge < -0.3 is 15.4 Å². The van der Waals surface area contributed by atoms with Crippen molar-refractivity contribution in [3.05, 3.63) is 59.2 Å². The van der Waals surface area contributed by atoms with Crippen LogP contribution in [-0.4, -0.2) is 44.1 Å². The summed E-state index contributed by atoms with van der Waals surface area (Å²) in [4.78, 5) is 21.3. The summed E-state index contributed by atoms with van der Waals surface area (Å²) < 4.78 is 32.5. The lowest BCUT2D eigenvalue weighted by molar-refractivity contribution is -0.115. The van der Waals surface area contributed by atoms with E-state index in [0.29, 0.717) is 33.6 Å². The molecule has 3 aromatic rings. The topological polar surface area (TPSA) is 122 Å². The highest BCUT2D eigenvalue weighted by Gasteiger charge is 2.22. The molecule has 0 bridgehead atoms. The number of methoxy groups -OCH3 is 1. The molecule has 1 unspecified atom stereocenters. The first-order valence-corrected chi connectivity index (χ1v) is 12.0. The zero-order valence-corrected chi connectivity index (χ0v) is 19.5. The Morgan fingerprint density at radius 1 is 1.21 bits per heavy atom. The maximum absolute atomic E-state index is 12.5. The maximum Gasteiger partial charge on any atom is 0.240 e. The van der Waals surface area contributed by atoms with Crippen LogP contribution in [-0.2, 0) is 26.0 Å². The number of nitrogens with one attached hydrogen (secondary N) is 3. The van der Waals surface area contributed by atoms with Crippen molar-refractivity contribution in [1.82, 2.24) is 14.7 Å². The molecule has 0 aliphatic carbocycles. The Bertz CT molecular complexity index is 1300. The largest absolute Gasteiger partial charge is 0.383 e. The second-order valence-corrected chi connectivity index (χ2v) is 9.76. The van der Waals surface area contributed by atoms with Gasteiger partial charge in [0.05, 0.1) is 29.3 Å². The number of carbonyl (C=O) groups excluding carboxylic acids is 1. The predicted molar refractivity (Wildman–Crippen MR) is 126 cm³/mol. The Labute approximate surface area is 196 Å². The highest BCUT2D eigenvalue weighted by atomic mass is 35.5. The minimum atomic E-state index is -3.67. The smallest absolute Gasteiger partial charge is 0.240 e. The number of nitrogens with zero attached hydrogens (tertiary/aromatic N) is 2. The monoisotopic (exact) mass is 487 g/mol. The van der Waals surface area contributed by atoms with Gasteiger partial charge in [0, 0.05) is 41.2 Å². The molecule has 11 heteroatoms. The number of amides is 1. The zero-order chi connectivity index (χ0) is 23.6. The molecule has 0 saturated carbocycles. The third-order valence-electron chi connectivity index (χ3n) is 4.92. The molecule has 1 atom stereocenters. The van der Waals surface area contributed by atoms with E-state index in [2.05, 4.69) is 25.3 Å². The van der Waals surface area contributed by atoms with Crippen molar-refractivity contribution in [2.45, 2.75) is 24.3 Å². The standard InChI is InChI=1S/C22H22ClN5O4S/c1-13(12-32-2)28-33(30,31)17-6-4-16(5-7-17)25-22-24-11-14-9-20(29)26-19-10-15(23)3-8-18(19)21(14)27-22/h3-8,10-11,13,28H,9,12H2,1-2H3,(H,26,29)(H,24,25,27). The summed E-state index contributed by atoms with van der Waals surface area (Å²) in [6.07, 6.45) is 1.75. The third-order valence-corrected chi connectivity index (χ3v) is 6.76. The van der Waals surface area contributed by atoms with Crippen molar-refractivity contribution in [3.63, 3.8) is 0 Å². The lowest BCUT2D eigenvalue weighted by atomic mass is 10.1. The minimum absolute atomic E-state index is 0.134. The Morgan fingerprint density at radius 3 is 2.70 bits per heavy atom. The molecule has 4 rings (SSSR count). The van der Waals surface area contributed by atoms with Gasteiger partial charge in [-0.25, -0.2) is 23.1 Å². The molecule has 2 aromatic carbocycles. The van der Waals surface area contributed by atoms with Gasteiger partial charge in [-0.1, -0.05) is 11.6 Å². The van der Waals surface area contributed by atoms with E-state index in [9.17, 15) is 13.2 Å². The number of hydrogen-bond donors (Lipinski definition) is 3. The van der Waals surface area contributed by atoms with Gasteiger partial charge in [0.2, 0.25) is 21.9 Å². The molecule has 1 aliphatic rings. The highest BCUT2D eigenvalue weighted by molar-refractivity contribution is 7.89. The van der Waals surface area contributed by atoms with E-state index in [0.717, 1.165) is 5.56 Å². The van der Waals surface area contributed by atoms with Gasteiger partial charge in [0.1, 0.15) is 0 Å². The number of carbonyl (C=O) groups is 1. The molecule has 33 heavy (non-hydrogen) atoms. The van der Waals surface area contributed by atoms with Crippen LogP contribution >= 0.6 is 11.6 Å². The van der Waals surface area contributed by atoms with Crippen LogP contribution in [0.3, 0.4) is 0 Å². The second-order valence-electron chi connectivity index (χ2n) is 7.61. The summed E-state index contributed by atoms with van der Waals surface area (Å²) in [5, 5.41) is 6.42. The van der Waals surface area contributed by atoms with Crippen LogP contribution in [0.2, 0.25) is 5.02 Å². The molecule has 9 nitrogen and oxygen atoms in total. The fourth-order valence-electron chi connectivity index (χ4n) is 3.49. The number of benzene rings is 2. The summed E-state index contributed by atoms with van der Waals surface area (Å²) in [5.74, 6) is 0.137. The molecule has 0 spiro atoms. The van der Waals surface area contributed by atoms with E-state index in [1.54, 1.807) is 43.5 Å². The lowest BCUT2D eigenvalue weighted by Crippen LogP contribution is -2.35.